The van der Waals surface area contributed by atoms with Crippen molar-refractivity contribution >= 4 is 55.2 Å². The standard InChI is InChI=1S/C34H32Br2N2O6S/c1-6-42-28-17-25(36)24(16-27(28)41-5)31-30(33(40)43-7-2)20(4)37-34-38(31)32(39)29(45-34)15-22-14-23(35)12-13-26(22)44-18-21-10-8-19(3)9-11-21/h8-17,31H,6-7,18H2,1-5H3/b29-15+/t31-/m0/s1. The number of thiazole rings is 1. The lowest BCUT2D eigenvalue weighted by molar-refractivity contribution is -0.139. The number of hydrogen-bond acceptors (Lipinski definition) is 8. The average Bonchev–Trinajstić information content (AvgIpc) is 3.31. The van der Waals surface area contributed by atoms with Crippen LogP contribution in [0.4, 0.5) is 0 Å². The number of aromatic nitrogens is 1. The van der Waals surface area contributed by atoms with E-state index in [4.69, 9.17) is 23.9 Å². The number of halogens is 2. The molecule has 0 amide bonds. The Bertz CT molecular complexity index is 1960. The number of benzene rings is 3. The summed E-state index contributed by atoms with van der Waals surface area (Å²) in [5.41, 5.74) is 4.00. The third-order valence-electron chi connectivity index (χ3n) is 7.17. The van der Waals surface area contributed by atoms with Crippen molar-refractivity contribution in [1.29, 1.82) is 0 Å². The summed E-state index contributed by atoms with van der Waals surface area (Å²) < 4.78 is 26.5. The molecule has 0 unspecified atom stereocenters. The van der Waals surface area contributed by atoms with E-state index in [1.54, 1.807) is 43.7 Å². The minimum atomic E-state index is -0.832. The second-order valence-corrected chi connectivity index (χ2v) is 13.0. The van der Waals surface area contributed by atoms with E-state index < -0.39 is 12.0 Å². The van der Waals surface area contributed by atoms with E-state index >= 15 is 0 Å². The Morgan fingerprint density at radius 1 is 0.978 bits per heavy atom. The van der Waals surface area contributed by atoms with E-state index in [0.29, 0.717) is 55.5 Å². The van der Waals surface area contributed by atoms with Gasteiger partial charge in [0.05, 0.1) is 42.2 Å². The molecule has 1 atom stereocenters. The quantitative estimate of drug-likeness (QED) is 0.169. The maximum absolute atomic E-state index is 14.3. The van der Waals surface area contributed by atoms with E-state index in [-0.39, 0.29) is 17.7 Å². The summed E-state index contributed by atoms with van der Waals surface area (Å²) in [6.45, 7) is 8.41. The van der Waals surface area contributed by atoms with Gasteiger partial charge >= 0.3 is 5.97 Å². The SMILES string of the molecule is CCOC(=O)C1=C(C)N=c2s/c(=C/c3cc(Br)ccc3OCc3ccc(C)cc3)c(=O)n2[C@H]1c1cc(OC)c(OCC)cc1Br. The van der Waals surface area contributed by atoms with E-state index in [9.17, 15) is 9.59 Å². The molecular formula is C34H32Br2N2O6S. The molecule has 0 fully saturated rings. The number of ether oxygens (including phenoxy) is 4. The lowest BCUT2D eigenvalue weighted by Crippen LogP contribution is -2.40. The second kappa shape index (κ2) is 14.2. The predicted octanol–water partition coefficient (Wildman–Crippen LogP) is 6.62. The first kappa shape index (κ1) is 32.7. The van der Waals surface area contributed by atoms with E-state index in [1.165, 1.54) is 16.9 Å². The summed E-state index contributed by atoms with van der Waals surface area (Å²) in [7, 11) is 1.55. The predicted molar refractivity (Wildman–Crippen MR) is 182 cm³/mol. The summed E-state index contributed by atoms with van der Waals surface area (Å²) in [5.74, 6) is 1.09. The molecule has 45 heavy (non-hydrogen) atoms. The molecule has 1 aliphatic heterocycles. The highest BCUT2D eigenvalue weighted by Crippen LogP contribution is 2.41. The summed E-state index contributed by atoms with van der Waals surface area (Å²) in [6.07, 6.45) is 1.80. The zero-order valence-electron chi connectivity index (χ0n) is 25.5. The fourth-order valence-electron chi connectivity index (χ4n) is 5.02. The van der Waals surface area contributed by atoms with Crippen LogP contribution in [0.3, 0.4) is 0 Å². The second-order valence-electron chi connectivity index (χ2n) is 10.2. The number of carbonyl (C=O) groups is 1. The molecule has 0 spiro atoms. The molecule has 0 aliphatic carbocycles. The van der Waals surface area contributed by atoms with Gasteiger partial charge in [0.25, 0.3) is 5.56 Å². The van der Waals surface area contributed by atoms with E-state index in [0.717, 1.165) is 15.6 Å². The highest BCUT2D eigenvalue weighted by molar-refractivity contribution is 9.10. The zero-order chi connectivity index (χ0) is 32.2. The van der Waals surface area contributed by atoms with Crippen LogP contribution in [-0.2, 0) is 16.1 Å². The summed E-state index contributed by atoms with van der Waals surface area (Å²) in [5, 5.41) is 0. The first-order chi connectivity index (χ1) is 21.6. The van der Waals surface area contributed by atoms with Gasteiger partial charge in [-0.25, -0.2) is 9.79 Å². The van der Waals surface area contributed by atoms with E-state index in [2.05, 4.69) is 31.9 Å². The zero-order valence-corrected chi connectivity index (χ0v) is 29.5. The minimum absolute atomic E-state index is 0.175. The lowest BCUT2D eigenvalue weighted by Gasteiger charge is -2.26. The summed E-state index contributed by atoms with van der Waals surface area (Å²) >= 11 is 8.46. The number of fused-ring (bicyclic) bond motifs is 1. The van der Waals surface area contributed by atoms with Crippen molar-refractivity contribution < 1.29 is 23.7 Å². The minimum Gasteiger partial charge on any atom is -0.493 e. The molecule has 5 rings (SSSR count). The number of aryl methyl sites for hydroxylation is 1. The Labute approximate surface area is 281 Å². The Hall–Kier alpha value is -3.67. The number of rotatable bonds is 10. The lowest BCUT2D eigenvalue weighted by atomic mass is 9.95. The molecule has 0 bridgehead atoms. The van der Waals surface area contributed by atoms with Crippen LogP contribution in [0.25, 0.3) is 6.08 Å². The highest BCUT2D eigenvalue weighted by Gasteiger charge is 2.35. The van der Waals surface area contributed by atoms with Crippen LogP contribution in [0.1, 0.15) is 49.1 Å². The molecule has 0 radical (unpaired) electrons. The molecule has 1 aliphatic rings. The monoisotopic (exact) mass is 754 g/mol. The molecule has 11 heteroatoms. The third-order valence-corrected chi connectivity index (χ3v) is 9.33. The molecule has 234 valence electrons. The maximum Gasteiger partial charge on any atom is 0.338 e. The Morgan fingerprint density at radius 3 is 2.42 bits per heavy atom. The van der Waals surface area contributed by atoms with Gasteiger partial charge in [-0.2, -0.15) is 0 Å². The van der Waals surface area contributed by atoms with Gasteiger partial charge < -0.3 is 18.9 Å². The number of methoxy groups -OCH3 is 1. The Morgan fingerprint density at radius 2 is 1.73 bits per heavy atom. The van der Waals surface area contributed by atoms with Crippen molar-refractivity contribution in [1.82, 2.24) is 4.57 Å². The van der Waals surface area contributed by atoms with Crippen LogP contribution in [0.2, 0.25) is 0 Å². The first-order valence-electron chi connectivity index (χ1n) is 14.3. The third kappa shape index (κ3) is 6.95. The van der Waals surface area contributed by atoms with Crippen molar-refractivity contribution in [3.63, 3.8) is 0 Å². The van der Waals surface area contributed by atoms with Crippen LogP contribution in [0.5, 0.6) is 17.2 Å². The summed E-state index contributed by atoms with van der Waals surface area (Å²) in [4.78, 5) is 32.8. The molecule has 0 saturated carbocycles. The molecule has 8 nitrogen and oxygen atoms in total. The summed E-state index contributed by atoms with van der Waals surface area (Å²) in [6, 6.07) is 16.6. The molecule has 1 aromatic heterocycles. The van der Waals surface area contributed by atoms with E-state index in [1.807, 2.05) is 56.3 Å². The van der Waals surface area contributed by atoms with Gasteiger partial charge in [-0.1, -0.05) is 73.0 Å². The van der Waals surface area contributed by atoms with Crippen LogP contribution < -0.4 is 29.1 Å². The Kier molecular flexibility index (Phi) is 10.3. The molecule has 3 aromatic carbocycles. The van der Waals surface area contributed by atoms with Gasteiger partial charge in [-0.05, 0) is 75.2 Å². The molecular weight excluding hydrogens is 724 g/mol. The van der Waals surface area contributed by atoms with Crippen LogP contribution >= 0.6 is 43.2 Å². The average molecular weight is 757 g/mol. The van der Waals surface area contributed by atoms with Gasteiger partial charge in [-0.3, -0.25) is 9.36 Å². The van der Waals surface area contributed by atoms with Crippen molar-refractivity contribution in [3.8, 4) is 17.2 Å². The number of nitrogens with zero attached hydrogens (tertiary/aromatic N) is 2. The first-order valence-corrected chi connectivity index (χ1v) is 16.7. The molecule has 0 saturated heterocycles. The number of allylic oxidation sites excluding steroid dienone is 1. The topological polar surface area (TPSA) is 88.4 Å². The fraction of sp³-hybridized carbons (Fsp3) is 0.265. The van der Waals surface area contributed by atoms with Gasteiger partial charge in [0.15, 0.2) is 16.3 Å². The number of hydrogen-bond donors (Lipinski definition) is 0. The van der Waals surface area contributed by atoms with Gasteiger partial charge in [0.1, 0.15) is 12.4 Å². The smallest absolute Gasteiger partial charge is 0.338 e. The normalized spacial score (nSPS) is 14.6. The maximum atomic E-state index is 14.3. The van der Waals surface area contributed by atoms with Crippen LogP contribution in [0, 0.1) is 6.92 Å². The van der Waals surface area contributed by atoms with Gasteiger partial charge in [0, 0.05) is 14.5 Å². The Balaban J connectivity index is 1.66. The number of carbonyl (C=O) groups excluding carboxylic acids is 1. The van der Waals surface area contributed by atoms with Gasteiger partial charge in [-0.15, -0.1) is 0 Å². The number of esters is 1. The van der Waals surface area contributed by atoms with Crippen molar-refractivity contribution in [2.75, 3.05) is 20.3 Å². The largest absolute Gasteiger partial charge is 0.493 e. The fourth-order valence-corrected chi connectivity index (χ4v) is 6.98. The molecule has 0 N–H and O–H groups in total. The van der Waals surface area contributed by atoms with Gasteiger partial charge in [0.2, 0.25) is 0 Å². The molecule has 2 heterocycles. The van der Waals surface area contributed by atoms with Crippen LogP contribution in [0.15, 0.2) is 84.6 Å². The van der Waals surface area contributed by atoms with Crippen molar-refractivity contribution in [2.45, 2.75) is 40.3 Å². The van der Waals surface area contributed by atoms with Crippen molar-refractivity contribution in [2.24, 2.45) is 4.99 Å². The molecule has 4 aromatic rings. The van der Waals surface area contributed by atoms with Crippen LogP contribution in [-0.4, -0.2) is 30.9 Å². The highest BCUT2D eigenvalue weighted by atomic mass is 79.9. The van der Waals surface area contributed by atoms with Crippen molar-refractivity contribution in [3.05, 3.63) is 117 Å².